The van der Waals surface area contributed by atoms with Crippen LogP contribution < -0.4 is 5.32 Å². The van der Waals surface area contributed by atoms with Crippen LogP contribution in [0.2, 0.25) is 0 Å². The monoisotopic (exact) mass is 443 g/mol. The molecule has 2 aliphatic rings. The maximum atomic E-state index is 13.0. The van der Waals surface area contributed by atoms with Crippen molar-refractivity contribution in [2.45, 2.75) is 69.6 Å². The normalized spacial score (nSPS) is 25.1. The molecule has 29 heavy (non-hydrogen) atoms. The first-order valence-corrected chi connectivity index (χ1v) is 12.7. The van der Waals surface area contributed by atoms with Gasteiger partial charge in [-0.15, -0.1) is 11.3 Å². The lowest BCUT2D eigenvalue weighted by molar-refractivity contribution is -0.0948. The number of rotatable bonds is 6. The molecular weight excluding hydrogens is 410 g/mol. The van der Waals surface area contributed by atoms with Gasteiger partial charge in [0.15, 0.2) is 0 Å². The summed E-state index contributed by atoms with van der Waals surface area (Å²) in [4.78, 5) is 15.6. The maximum Gasteiger partial charge on any atom is 0.262 e. The first kappa shape index (κ1) is 22.7. The van der Waals surface area contributed by atoms with E-state index in [0.717, 1.165) is 32.4 Å². The third-order valence-electron chi connectivity index (χ3n) is 5.73. The van der Waals surface area contributed by atoms with Crippen LogP contribution in [0.1, 0.15) is 56.6 Å². The van der Waals surface area contributed by atoms with E-state index in [1.165, 1.54) is 15.6 Å². The van der Waals surface area contributed by atoms with Gasteiger partial charge in [0, 0.05) is 38.3 Å². The highest BCUT2D eigenvalue weighted by Gasteiger charge is 2.35. The molecule has 1 aromatic heterocycles. The number of sulfonamides is 1. The van der Waals surface area contributed by atoms with E-state index in [1.807, 2.05) is 0 Å². The van der Waals surface area contributed by atoms with Crippen LogP contribution in [0.4, 0.5) is 0 Å². The van der Waals surface area contributed by atoms with E-state index in [1.54, 1.807) is 11.4 Å². The first-order valence-electron chi connectivity index (χ1n) is 10.4. The number of nitrogens with zero attached hydrogens (tertiary/aromatic N) is 2. The lowest BCUT2D eigenvalue weighted by Gasteiger charge is -2.45. The molecule has 9 heteroatoms. The largest absolute Gasteiger partial charge is 0.373 e. The Morgan fingerprint density at radius 2 is 1.83 bits per heavy atom. The molecule has 3 heterocycles. The summed E-state index contributed by atoms with van der Waals surface area (Å²) in [6.07, 6.45) is 3.08. The molecule has 164 valence electrons. The second-order valence-corrected chi connectivity index (χ2v) is 11.6. The van der Waals surface area contributed by atoms with Gasteiger partial charge in [-0.2, -0.15) is 4.31 Å². The van der Waals surface area contributed by atoms with Gasteiger partial charge in [0.25, 0.3) is 5.91 Å². The average Bonchev–Trinajstić information content (AvgIpc) is 3.17. The lowest BCUT2D eigenvalue weighted by atomic mass is 10.00. The van der Waals surface area contributed by atoms with E-state index in [9.17, 15) is 13.2 Å². The molecule has 2 fully saturated rings. The molecule has 0 radical (unpaired) electrons. The van der Waals surface area contributed by atoms with Crippen LogP contribution in [0.15, 0.2) is 16.3 Å². The molecule has 3 rings (SSSR count). The van der Waals surface area contributed by atoms with Crippen molar-refractivity contribution in [2.24, 2.45) is 0 Å². The first-order chi connectivity index (χ1) is 13.6. The van der Waals surface area contributed by atoms with Crippen molar-refractivity contribution in [2.75, 3.05) is 32.7 Å². The van der Waals surface area contributed by atoms with Crippen LogP contribution >= 0.6 is 11.3 Å². The lowest BCUT2D eigenvalue weighted by Crippen LogP contribution is -2.58. The SMILES string of the molecule is CC1CN(C(C)(C)CNC(=O)c2sccc2S(=O)(=O)N2CCCCC2)CC(C)O1. The number of piperidine rings is 1. The van der Waals surface area contributed by atoms with Crippen molar-refractivity contribution in [3.05, 3.63) is 16.3 Å². The van der Waals surface area contributed by atoms with Gasteiger partial charge < -0.3 is 10.1 Å². The van der Waals surface area contributed by atoms with Gasteiger partial charge in [0.2, 0.25) is 10.0 Å². The number of carbonyl (C=O) groups is 1. The minimum Gasteiger partial charge on any atom is -0.373 e. The minimum atomic E-state index is -3.63. The quantitative estimate of drug-likeness (QED) is 0.731. The summed E-state index contributed by atoms with van der Waals surface area (Å²) in [5.41, 5.74) is -0.259. The van der Waals surface area contributed by atoms with Crippen LogP contribution in [-0.2, 0) is 14.8 Å². The number of hydrogen-bond donors (Lipinski definition) is 1. The van der Waals surface area contributed by atoms with E-state index in [0.29, 0.717) is 19.6 Å². The summed E-state index contributed by atoms with van der Waals surface area (Å²) >= 11 is 1.18. The summed E-state index contributed by atoms with van der Waals surface area (Å²) in [6.45, 7) is 11.4. The molecule has 0 saturated carbocycles. The number of carbonyl (C=O) groups excluding carboxylic acids is 1. The van der Waals surface area contributed by atoms with Crippen LogP contribution in [-0.4, -0.2) is 74.0 Å². The van der Waals surface area contributed by atoms with Crippen molar-refractivity contribution >= 4 is 27.3 Å². The van der Waals surface area contributed by atoms with Gasteiger partial charge >= 0.3 is 0 Å². The van der Waals surface area contributed by atoms with Crippen LogP contribution in [0, 0.1) is 0 Å². The third kappa shape index (κ3) is 5.19. The van der Waals surface area contributed by atoms with Crippen molar-refractivity contribution in [3.63, 3.8) is 0 Å². The molecule has 0 aromatic carbocycles. The van der Waals surface area contributed by atoms with Gasteiger partial charge in [0.05, 0.1) is 12.2 Å². The highest BCUT2D eigenvalue weighted by atomic mass is 32.2. The number of thiophene rings is 1. The number of hydrogen-bond acceptors (Lipinski definition) is 6. The highest BCUT2D eigenvalue weighted by Crippen LogP contribution is 2.28. The van der Waals surface area contributed by atoms with Crippen LogP contribution in [0.25, 0.3) is 0 Å². The Morgan fingerprint density at radius 3 is 2.45 bits per heavy atom. The Morgan fingerprint density at radius 1 is 1.21 bits per heavy atom. The second-order valence-electron chi connectivity index (χ2n) is 8.74. The Kier molecular flexibility index (Phi) is 7.05. The zero-order valence-corrected chi connectivity index (χ0v) is 19.4. The minimum absolute atomic E-state index is 0.133. The van der Waals surface area contributed by atoms with Crippen LogP contribution in [0.3, 0.4) is 0 Å². The highest BCUT2D eigenvalue weighted by molar-refractivity contribution is 7.89. The summed E-state index contributed by atoms with van der Waals surface area (Å²) in [5, 5.41) is 4.66. The number of amides is 1. The van der Waals surface area contributed by atoms with E-state index < -0.39 is 10.0 Å². The molecule has 2 saturated heterocycles. The Hall–Kier alpha value is -1.00. The summed E-state index contributed by atoms with van der Waals surface area (Å²) in [6, 6.07) is 1.56. The van der Waals surface area contributed by atoms with E-state index in [-0.39, 0.29) is 33.4 Å². The van der Waals surface area contributed by atoms with Crippen LogP contribution in [0.5, 0.6) is 0 Å². The standard InChI is InChI=1S/C20H33N3O4S2/c1-15-12-22(13-16(2)27-15)20(3,4)14-21-19(24)18-17(8-11-28-18)29(25,26)23-9-6-5-7-10-23/h8,11,15-16H,5-7,9-10,12-14H2,1-4H3,(H,21,24). The van der Waals surface area contributed by atoms with Gasteiger partial charge in [0.1, 0.15) is 9.77 Å². The predicted molar refractivity (Wildman–Crippen MR) is 115 cm³/mol. The fourth-order valence-corrected chi connectivity index (χ4v) is 6.91. The van der Waals surface area contributed by atoms with E-state index in [4.69, 9.17) is 4.74 Å². The average molecular weight is 444 g/mol. The summed E-state index contributed by atoms with van der Waals surface area (Å²) in [7, 11) is -3.63. The molecular formula is C20H33N3O4S2. The number of ether oxygens (including phenoxy) is 1. The topological polar surface area (TPSA) is 79.0 Å². The Labute approximate surface area is 178 Å². The summed E-state index contributed by atoms with van der Waals surface area (Å²) in [5.74, 6) is -0.321. The van der Waals surface area contributed by atoms with Crippen molar-refractivity contribution < 1.29 is 17.9 Å². The fraction of sp³-hybridized carbons (Fsp3) is 0.750. The molecule has 7 nitrogen and oxygen atoms in total. The summed E-state index contributed by atoms with van der Waals surface area (Å²) < 4.78 is 33.4. The van der Waals surface area contributed by atoms with Gasteiger partial charge in [-0.05, 0) is 52.0 Å². The molecule has 0 aliphatic carbocycles. The molecule has 2 atom stereocenters. The van der Waals surface area contributed by atoms with Gasteiger partial charge in [-0.3, -0.25) is 9.69 Å². The zero-order chi connectivity index (χ0) is 21.2. The van der Waals surface area contributed by atoms with Crippen molar-refractivity contribution in [1.29, 1.82) is 0 Å². The molecule has 2 aliphatic heterocycles. The molecule has 0 spiro atoms. The van der Waals surface area contributed by atoms with Crippen molar-refractivity contribution in [3.8, 4) is 0 Å². The predicted octanol–water partition coefficient (Wildman–Crippen LogP) is 2.54. The van der Waals surface area contributed by atoms with Gasteiger partial charge in [-0.1, -0.05) is 6.42 Å². The molecule has 0 bridgehead atoms. The number of nitrogens with one attached hydrogen (secondary N) is 1. The Balaban J connectivity index is 1.68. The van der Waals surface area contributed by atoms with E-state index in [2.05, 4.69) is 37.9 Å². The molecule has 1 aromatic rings. The zero-order valence-electron chi connectivity index (χ0n) is 17.8. The number of morpholine rings is 1. The van der Waals surface area contributed by atoms with Gasteiger partial charge in [-0.25, -0.2) is 8.42 Å². The second kappa shape index (κ2) is 9.01. The Bertz CT molecular complexity index is 805. The third-order valence-corrected chi connectivity index (χ3v) is 8.71. The molecule has 1 amide bonds. The smallest absolute Gasteiger partial charge is 0.262 e. The van der Waals surface area contributed by atoms with Crippen molar-refractivity contribution in [1.82, 2.24) is 14.5 Å². The maximum absolute atomic E-state index is 13.0. The molecule has 2 unspecified atom stereocenters. The molecule has 1 N–H and O–H groups in total. The fourth-order valence-electron chi connectivity index (χ4n) is 4.07. The van der Waals surface area contributed by atoms with E-state index >= 15 is 0 Å².